The first-order valence-corrected chi connectivity index (χ1v) is 3.58. The van der Waals surface area contributed by atoms with Crippen molar-refractivity contribution in [3.05, 3.63) is 0 Å². The van der Waals surface area contributed by atoms with Gasteiger partial charge in [-0.2, -0.15) is 0 Å². The minimum Gasteiger partial charge on any atom is -0.393 e. The van der Waals surface area contributed by atoms with Crippen molar-refractivity contribution in [3.8, 4) is 0 Å². The van der Waals surface area contributed by atoms with E-state index in [4.69, 9.17) is 26.2 Å². The topological polar surface area (TPSA) is 127 Å². The molecule has 0 spiro atoms. The van der Waals surface area contributed by atoms with Crippen LogP contribution in [0.4, 0.5) is 0 Å². The third-order valence-electron chi connectivity index (χ3n) is 2.38. The molecular formula is C6H13NO5. The highest BCUT2D eigenvalue weighted by Gasteiger charge is 2.57. The summed E-state index contributed by atoms with van der Waals surface area (Å²) in [6.45, 7) is -0.802. The lowest BCUT2D eigenvalue weighted by Crippen LogP contribution is -2.55. The summed E-state index contributed by atoms with van der Waals surface area (Å²) in [5, 5.41) is 45.4. The maximum absolute atomic E-state index is 9.43. The molecule has 0 bridgehead atoms. The Bertz CT molecular complexity index is 161. The van der Waals surface area contributed by atoms with Crippen LogP contribution in [0.15, 0.2) is 0 Å². The first kappa shape index (κ1) is 9.85. The van der Waals surface area contributed by atoms with Crippen molar-refractivity contribution in [2.75, 3.05) is 6.61 Å². The lowest BCUT2D eigenvalue weighted by atomic mass is 9.97. The molecule has 6 nitrogen and oxygen atoms in total. The van der Waals surface area contributed by atoms with E-state index >= 15 is 0 Å². The van der Waals surface area contributed by atoms with E-state index in [9.17, 15) is 5.11 Å². The fourth-order valence-corrected chi connectivity index (χ4v) is 1.39. The van der Waals surface area contributed by atoms with Crippen LogP contribution in [0.3, 0.4) is 0 Å². The molecule has 0 aromatic rings. The van der Waals surface area contributed by atoms with E-state index in [1.807, 2.05) is 0 Å². The predicted molar refractivity (Wildman–Crippen MR) is 38.0 cm³/mol. The Morgan fingerprint density at radius 2 is 1.67 bits per heavy atom. The van der Waals surface area contributed by atoms with Gasteiger partial charge in [0.25, 0.3) is 0 Å². The molecule has 0 heterocycles. The van der Waals surface area contributed by atoms with E-state index < -0.39 is 36.6 Å². The Hall–Kier alpha value is -0.240. The van der Waals surface area contributed by atoms with Crippen molar-refractivity contribution in [1.29, 1.82) is 0 Å². The third-order valence-corrected chi connectivity index (χ3v) is 2.38. The Kier molecular flexibility index (Phi) is 2.39. The highest BCUT2D eigenvalue weighted by atomic mass is 16.4. The molecule has 0 unspecified atom stereocenters. The Morgan fingerprint density at radius 1 is 1.17 bits per heavy atom. The summed E-state index contributed by atoms with van der Waals surface area (Å²) in [5.74, 6) is 0. The van der Waals surface area contributed by atoms with Crippen LogP contribution in [0.1, 0.15) is 0 Å². The summed E-state index contributed by atoms with van der Waals surface area (Å²) in [6.07, 6.45) is -4.55. The zero-order valence-corrected chi connectivity index (χ0v) is 6.33. The third kappa shape index (κ3) is 1.05. The fraction of sp³-hybridized carbons (Fsp3) is 1.00. The van der Waals surface area contributed by atoms with E-state index in [0.717, 1.165) is 0 Å². The number of rotatable bonds is 1. The summed E-state index contributed by atoms with van der Waals surface area (Å²) in [5.41, 5.74) is 3.25. The molecule has 6 heteroatoms. The highest BCUT2D eigenvalue weighted by Crippen LogP contribution is 2.29. The van der Waals surface area contributed by atoms with Crippen LogP contribution in [0.5, 0.6) is 0 Å². The van der Waals surface area contributed by atoms with Crippen LogP contribution < -0.4 is 5.73 Å². The molecule has 0 aliphatic heterocycles. The predicted octanol–water partition coefficient (Wildman–Crippen LogP) is -3.87. The zero-order chi connectivity index (χ0) is 9.52. The number of nitrogens with two attached hydrogens (primary N) is 1. The minimum atomic E-state index is -2.02. The van der Waals surface area contributed by atoms with Crippen LogP contribution in [-0.4, -0.2) is 62.1 Å². The smallest absolute Gasteiger partial charge is 0.134 e. The molecule has 1 aliphatic carbocycles. The molecule has 12 heavy (non-hydrogen) atoms. The second-order valence-corrected chi connectivity index (χ2v) is 3.10. The summed E-state index contributed by atoms with van der Waals surface area (Å²) >= 11 is 0. The van der Waals surface area contributed by atoms with Gasteiger partial charge in [0.2, 0.25) is 0 Å². The molecule has 5 atom stereocenters. The lowest BCUT2D eigenvalue weighted by molar-refractivity contribution is -0.116. The molecule has 0 aromatic heterocycles. The van der Waals surface area contributed by atoms with Gasteiger partial charge in [-0.25, -0.2) is 0 Å². The van der Waals surface area contributed by atoms with Crippen molar-refractivity contribution in [1.82, 2.24) is 0 Å². The average molecular weight is 179 g/mol. The van der Waals surface area contributed by atoms with Crippen LogP contribution >= 0.6 is 0 Å². The number of aliphatic hydroxyl groups is 5. The summed E-state index contributed by atoms with van der Waals surface area (Å²) in [7, 11) is 0. The Morgan fingerprint density at radius 3 is 1.83 bits per heavy atom. The van der Waals surface area contributed by atoms with Gasteiger partial charge < -0.3 is 31.3 Å². The molecule has 0 saturated heterocycles. The van der Waals surface area contributed by atoms with Crippen molar-refractivity contribution in [3.63, 3.8) is 0 Å². The fourth-order valence-electron chi connectivity index (χ4n) is 1.39. The van der Waals surface area contributed by atoms with Crippen molar-refractivity contribution in [2.24, 2.45) is 5.73 Å². The SMILES string of the molecule is N[C@@H]1[C@H](O)[C@H](O)[C@H](O)[C@]1(O)CO. The maximum atomic E-state index is 9.43. The number of hydrogen-bond acceptors (Lipinski definition) is 6. The Labute approximate surface area is 68.9 Å². The highest BCUT2D eigenvalue weighted by molar-refractivity contribution is 5.11. The van der Waals surface area contributed by atoms with E-state index in [1.54, 1.807) is 0 Å². The van der Waals surface area contributed by atoms with Gasteiger partial charge >= 0.3 is 0 Å². The Balaban J connectivity index is 2.90. The van der Waals surface area contributed by atoms with Crippen LogP contribution in [0, 0.1) is 0 Å². The molecule has 7 N–H and O–H groups in total. The molecule has 0 aromatic carbocycles. The van der Waals surface area contributed by atoms with Gasteiger partial charge in [-0.3, -0.25) is 0 Å². The number of aliphatic hydroxyl groups excluding tert-OH is 4. The molecule has 1 rings (SSSR count). The first-order valence-electron chi connectivity index (χ1n) is 3.58. The van der Waals surface area contributed by atoms with Crippen molar-refractivity contribution < 1.29 is 25.5 Å². The van der Waals surface area contributed by atoms with Gasteiger partial charge in [-0.05, 0) is 0 Å². The molecule has 72 valence electrons. The monoisotopic (exact) mass is 179 g/mol. The number of hydrogen-bond donors (Lipinski definition) is 6. The molecule has 0 amide bonds. The largest absolute Gasteiger partial charge is 0.393 e. The maximum Gasteiger partial charge on any atom is 0.134 e. The molecule has 1 saturated carbocycles. The summed E-state index contributed by atoms with van der Waals surface area (Å²) < 4.78 is 0. The average Bonchev–Trinajstić information content (AvgIpc) is 2.22. The van der Waals surface area contributed by atoms with Gasteiger partial charge in [-0.15, -0.1) is 0 Å². The standard InChI is InChI=1S/C6H13NO5/c7-4-2(9)3(10)5(11)6(4,12)1-8/h2-5,8-12H,1,7H2/t2-,3+,4-,5+,6+/m1/s1. The minimum absolute atomic E-state index is 0.802. The van der Waals surface area contributed by atoms with Gasteiger partial charge in [-0.1, -0.05) is 0 Å². The summed E-state index contributed by atoms with van der Waals surface area (Å²) in [4.78, 5) is 0. The summed E-state index contributed by atoms with van der Waals surface area (Å²) in [6, 6.07) is -1.24. The molecular weight excluding hydrogens is 166 g/mol. The van der Waals surface area contributed by atoms with E-state index in [0.29, 0.717) is 0 Å². The van der Waals surface area contributed by atoms with E-state index in [-0.39, 0.29) is 0 Å². The van der Waals surface area contributed by atoms with E-state index in [1.165, 1.54) is 0 Å². The van der Waals surface area contributed by atoms with Gasteiger partial charge in [0.1, 0.15) is 23.9 Å². The quantitative estimate of drug-likeness (QED) is 0.244. The first-order chi connectivity index (χ1) is 5.45. The molecule has 1 aliphatic rings. The molecule has 0 radical (unpaired) electrons. The van der Waals surface area contributed by atoms with Gasteiger partial charge in [0, 0.05) is 0 Å². The normalized spacial score (nSPS) is 54.5. The van der Waals surface area contributed by atoms with Gasteiger partial charge in [0.05, 0.1) is 12.6 Å². The zero-order valence-electron chi connectivity index (χ0n) is 6.33. The van der Waals surface area contributed by atoms with Crippen LogP contribution in [-0.2, 0) is 0 Å². The lowest BCUT2D eigenvalue weighted by Gasteiger charge is -2.28. The molecule has 1 fully saturated rings. The van der Waals surface area contributed by atoms with Gasteiger partial charge in [0.15, 0.2) is 0 Å². The van der Waals surface area contributed by atoms with E-state index in [2.05, 4.69) is 0 Å². The van der Waals surface area contributed by atoms with Crippen LogP contribution in [0.2, 0.25) is 0 Å². The van der Waals surface area contributed by atoms with Crippen molar-refractivity contribution in [2.45, 2.75) is 30.0 Å². The van der Waals surface area contributed by atoms with Crippen molar-refractivity contribution >= 4 is 0 Å². The van der Waals surface area contributed by atoms with Crippen LogP contribution in [0.25, 0.3) is 0 Å². The second-order valence-electron chi connectivity index (χ2n) is 3.10. The second kappa shape index (κ2) is 2.91.